The zero-order valence-electron chi connectivity index (χ0n) is 12.9. The molecule has 0 bridgehead atoms. The minimum atomic E-state index is -0.272. The van der Waals surface area contributed by atoms with E-state index >= 15 is 0 Å². The minimum absolute atomic E-state index is 0.139. The normalized spacial score (nSPS) is 12.1. The lowest BCUT2D eigenvalue weighted by Gasteiger charge is -2.18. The van der Waals surface area contributed by atoms with E-state index in [0.29, 0.717) is 22.3 Å². The monoisotopic (exact) mass is 360 g/mol. The predicted octanol–water partition coefficient (Wildman–Crippen LogP) is 3.92. The maximum Gasteiger partial charge on any atom is 0.249 e. The van der Waals surface area contributed by atoms with E-state index in [1.54, 1.807) is 12.4 Å². The fourth-order valence-corrected chi connectivity index (χ4v) is 3.07. The van der Waals surface area contributed by atoms with Gasteiger partial charge in [0.1, 0.15) is 22.7 Å². The van der Waals surface area contributed by atoms with Gasteiger partial charge in [-0.1, -0.05) is 30.6 Å². The Balaban J connectivity index is 1.89. The Morgan fingerprint density at radius 3 is 2.92 bits per heavy atom. The van der Waals surface area contributed by atoms with Crippen molar-refractivity contribution < 1.29 is 4.52 Å². The molecule has 9 heteroatoms. The van der Waals surface area contributed by atoms with Crippen LogP contribution in [0.2, 0.25) is 5.15 Å². The van der Waals surface area contributed by atoms with Gasteiger partial charge in [-0.3, -0.25) is 4.98 Å². The smallest absolute Gasteiger partial charge is 0.249 e. The van der Waals surface area contributed by atoms with Gasteiger partial charge in [0.2, 0.25) is 11.7 Å². The topological polar surface area (TPSA) is 101 Å². The molecule has 0 aliphatic rings. The van der Waals surface area contributed by atoms with Gasteiger partial charge in [0.15, 0.2) is 5.15 Å². The number of rotatable bonds is 5. The Hall–Kier alpha value is -2.50. The van der Waals surface area contributed by atoms with Crippen LogP contribution < -0.4 is 5.32 Å². The second-order valence-corrected chi connectivity index (χ2v) is 6.48. The Bertz CT molecular complexity index is 870. The van der Waals surface area contributed by atoms with Gasteiger partial charge in [-0.15, -0.1) is 0 Å². The molecular formula is C15H13ClN6OS. The minimum Gasteiger partial charge on any atom is -0.363 e. The van der Waals surface area contributed by atoms with Gasteiger partial charge in [0.25, 0.3) is 0 Å². The summed E-state index contributed by atoms with van der Waals surface area (Å²) in [5.41, 5.74) is 1.09. The summed E-state index contributed by atoms with van der Waals surface area (Å²) in [6.07, 6.45) is 3.35. The molecule has 24 heavy (non-hydrogen) atoms. The summed E-state index contributed by atoms with van der Waals surface area (Å²) in [4.78, 5) is 8.50. The fourth-order valence-electron chi connectivity index (χ4n) is 2.09. The number of nitrogens with one attached hydrogen (secondary N) is 1. The summed E-state index contributed by atoms with van der Waals surface area (Å²) < 4.78 is 9.41. The molecule has 0 aromatic carbocycles. The SMILES string of the molecule is CC(C)C(Nc1snc(Cl)c1C#N)c1nc(-c2cccnc2)no1. The van der Waals surface area contributed by atoms with Crippen LogP contribution in [0, 0.1) is 17.2 Å². The van der Waals surface area contributed by atoms with Gasteiger partial charge in [0, 0.05) is 18.0 Å². The average molecular weight is 361 g/mol. The van der Waals surface area contributed by atoms with Crippen molar-refractivity contribution >= 4 is 28.1 Å². The fraction of sp³-hybridized carbons (Fsp3) is 0.267. The Labute approximate surface area is 147 Å². The highest BCUT2D eigenvalue weighted by Gasteiger charge is 2.25. The number of nitrogens with zero attached hydrogens (tertiary/aromatic N) is 5. The number of hydrogen-bond donors (Lipinski definition) is 1. The first-order chi connectivity index (χ1) is 11.6. The molecule has 3 aromatic heterocycles. The molecule has 1 unspecified atom stereocenters. The van der Waals surface area contributed by atoms with Crippen LogP contribution in [0.3, 0.4) is 0 Å². The third-order valence-electron chi connectivity index (χ3n) is 3.34. The van der Waals surface area contributed by atoms with E-state index in [2.05, 4.69) is 24.8 Å². The van der Waals surface area contributed by atoms with Crippen molar-refractivity contribution in [3.63, 3.8) is 0 Å². The van der Waals surface area contributed by atoms with Crippen molar-refractivity contribution in [1.29, 1.82) is 5.26 Å². The third kappa shape index (κ3) is 3.22. The lowest BCUT2D eigenvalue weighted by Crippen LogP contribution is -2.17. The maximum absolute atomic E-state index is 9.20. The first kappa shape index (κ1) is 16.4. The summed E-state index contributed by atoms with van der Waals surface area (Å²) in [7, 11) is 0. The molecule has 0 spiro atoms. The molecule has 0 aliphatic carbocycles. The van der Waals surface area contributed by atoms with Gasteiger partial charge in [0.05, 0.1) is 0 Å². The van der Waals surface area contributed by atoms with E-state index in [0.717, 1.165) is 17.1 Å². The number of hydrogen-bond acceptors (Lipinski definition) is 8. The molecule has 0 radical (unpaired) electrons. The molecule has 7 nitrogen and oxygen atoms in total. The highest BCUT2D eigenvalue weighted by Crippen LogP contribution is 2.33. The molecule has 1 atom stereocenters. The molecule has 3 rings (SSSR count). The van der Waals surface area contributed by atoms with E-state index in [4.69, 9.17) is 16.1 Å². The molecule has 0 aliphatic heterocycles. The van der Waals surface area contributed by atoms with Crippen molar-refractivity contribution in [3.05, 3.63) is 41.1 Å². The molecule has 0 saturated heterocycles. The molecule has 0 amide bonds. The maximum atomic E-state index is 9.20. The first-order valence-electron chi connectivity index (χ1n) is 7.16. The summed E-state index contributed by atoms with van der Waals surface area (Å²) >= 11 is 7.05. The third-order valence-corrected chi connectivity index (χ3v) is 4.50. The molecule has 1 N–H and O–H groups in total. The number of anilines is 1. The van der Waals surface area contributed by atoms with E-state index in [1.165, 1.54) is 0 Å². The predicted molar refractivity (Wildman–Crippen MR) is 90.6 cm³/mol. The molecule has 122 valence electrons. The summed E-state index contributed by atoms with van der Waals surface area (Å²) in [6.45, 7) is 4.03. The number of nitriles is 1. The number of aromatic nitrogens is 4. The van der Waals surface area contributed by atoms with E-state index < -0.39 is 0 Å². The van der Waals surface area contributed by atoms with Gasteiger partial charge in [-0.2, -0.15) is 14.6 Å². The molecular weight excluding hydrogens is 348 g/mol. The number of halogens is 1. The highest BCUT2D eigenvalue weighted by atomic mass is 35.5. The zero-order chi connectivity index (χ0) is 17.1. The second-order valence-electron chi connectivity index (χ2n) is 5.35. The summed E-state index contributed by atoms with van der Waals surface area (Å²) in [5.74, 6) is 1.03. The van der Waals surface area contributed by atoms with Crippen LogP contribution in [-0.4, -0.2) is 19.5 Å². The lowest BCUT2D eigenvalue weighted by atomic mass is 10.0. The van der Waals surface area contributed by atoms with Crippen molar-refractivity contribution in [2.45, 2.75) is 19.9 Å². The number of pyridine rings is 1. The van der Waals surface area contributed by atoms with E-state index in [-0.39, 0.29) is 17.1 Å². The lowest BCUT2D eigenvalue weighted by molar-refractivity contribution is 0.336. The van der Waals surface area contributed by atoms with Gasteiger partial charge in [-0.05, 0) is 29.6 Å². The highest BCUT2D eigenvalue weighted by molar-refractivity contribution is 7.10. The standard InChI is InChI=1S/C15H13ClN6OS/c1-8(2)11(19-15-10(6-17)12(16)22-24-15)14-20-13(21-23-14)9-4-3-5-18-7-9/h3-5,7-8,11,19H,1-2H3. The van der Waals surface area contributed by atoms with Gasteiger partial charge < -0.3 is 9.84 Å². The Morgan fingerprint density at radius 2 is 2.25 bits per heavy atom. The Morgan fingerprint density at radius 1 is 1.42 bits per heavy atom. The molecule has 0 fully saturated rings. The van der Waals surface area contributed by atoms with Crippen molar-refractivity contribution in [3.8, 4) is 17.5 Å². The van der Waals surface area contributed by atoms with Crippen LogP contribution in [0.4, 0.5) is 5.00 Å². The quantitative estimate of drug-likeness (QED) is 0.735. The van der Waals surface area contributed by atoms with Crippen LogP contribution in [0.25, 0.3) is 11.4 Å². The van der Waals surface area contributed by atoms with Gasteiger partial charge in [-0.25, -0.2) is 0 Å². The molecule has 3 heterocycles. The van der Waals surface area contributed by atoms with Crippen molar-refractivity contribution in [1.82, 2.24) is 19.5 Å². The molecule has 3 aromatic rings. The van der Waals surface area contributed by atoms with Crippen LogP contribution in [0.1, 0.15) is 31.3 Å². The Kier molecular flexibility index (Phi) is 4.74. The van der Waals surface area contributed by atoms with Crippen molar-refractivity contribution in [2.75, 3.05) is 5.32 Å². The van der Waals surface area contributed by atoms with E-state index in [1.807, 2.05) is 32.0 Å². The second kappa shape index (κ2) is 6.95. The largest absolute Gasteiger partial charge is 0.363 e. The summed E-state index contributed by atoms with van der Waals surface area (Å²) in [6, 6.07) is 5.44. The van der Waals surface area contributed by atoms with Crippen LogP contribution >= 0.6 is 23.1 Å². The average Bonchev–Trinajstić information content (AvgIpc) is 3.20. The zero-order valence-corrected chi connectivity index (χ0v) is 14.5. The van der Waals surface area contributed by atoms with Gasteiger partial charge >= 0.3 is 0 Å². The van der Waals surface area contributed by atoms with Crippen LogP contribution in [-0.2, 0) is 0 Å². The summed E-state index contributed by atoms with van der Waals surface area (Å²) in [5, 5.41) is 17.2. The van der Waals surface area contributed by atoms with Crippen LogP contribution in [0.15, 0.2) is 29.0 Å². The van der Waals surface area contributed by atoms with Crippen molar-refractivity contribution in [2.24, 2.45) is 5.92 Å². The van der Waals surface area contributed by atoms with Crippen LogP contribution in [0.5, 0.6) is 0 Å². The first-order valence-corrected chi connectivity index (χ1v) is 8.31. The van der Waals surface area contributed by atoms with E-state index in [9.17, 15) is 5.26 Å². The molecule has 0 saturated carbocycles.